The molecule has 0 amide bonds. The second kappa shape index (κ2) is 5.87. The van der Waals surface area contributed by atoms with Crippen LogP contribution in [0.4, 0.5) is 5.82 Å². The van der Waals surface area contributed by atoms with E-state index in [9.17, 15) is 0 Å². The molecule has 100 valence electrons. The summed E-state index contributed by atoms with van der Waals surface area (Å²) in [6, 6.07) is 2.39. The molecule has 1 saturated heterocycles. The van der Waals surface area contributed by atoms with Gasteiger partial charge in [0.25, 0.3) is 0 Å². The normalized spacial score (nSPS) is 21.0. The zero-order chi connectivity index (χ0) is 13.1. The Morgan fingerprint density at radius 3 is 3.00 bits per heavy atom. The van der Waals surface area contributed by atoms with Crippen LogP contribution in [-0.2, 0) is 6.54 Å². The van der Waals surface area contributed by atoms with Crippen molar-refractivity contribution in [1.82, 2.24) is 9.88 Å². The number of rotatable bonds is 3. The number of hydrogen-bond donors (Lipinski definition) is 1. The van der Waals surface area contributed by atoms with Crippen LogP contribution in [0.1, 0.15) is 18.4 Å². The van der Waals surface area contributed by atoms with E-state index in [1.54, 1.807) is 0 Å². The maximum Gasteiger partial charge on any atom is 0.147 e. The van der Waals surface area contributed by atoms with Gasteiger partial charge in [-0.05, 0) is 38.1 Å². The summed E-state index contributed by atoms with van der Waals surface area (Å²) < 4.78 is 0. The van der Waals surface area contributed by atoms with Crippen molar-refractivity contribution in [2.24, 2.45) is 5.73 Å². The first kappa shape index (κ1) is 13.6. The summed E-state index contributed by atoms with van der Waals surface area (Å²) in [7, 11) is 4.23. The number of hydrogen-bond acceptors (Lipinski definition) is 4. The largest absolute Gasteiger partial charge is 0.354 e. The van der Waals surface area contributed by atoms with Gasteiger partial charge < -0.3 is 15.5 Å². The van der Waals surface area contributed by atoms with E-state index in [0.29, 0.717) is 17.6 Å². The first-order valence-corrected chi connectivity index (χ1v) is 6.75. The zero-order valence-electron chi connectivity index (χ0n) is 11.1. The van der Waals surface area contributed by atoms with Gasteiger partial charge in [0.05, 0.1) is 5.02 Å². The lowest BCUT2D eigenvalue weighted by atomic mass is 10.1. The summed E-state index contributed by atoms with van der Waals surface area (Å²) in [6.07, 6.45) is 4.23. The molecule has 1 aromatic rings. The summed E-state index contributed by atoms with van der Waals surface area (Å²) in [5.74, 6) is 0.856. The molecular weight excluding hydrogens is 248 g/mol. The van der Waals surface area contributed by atoms with Crippen LogP contribution in [0, 0.1) is 0 Å². The highest BCUT2D eigenvalue weighted by atomic mass is 35.5. The SMILES string of the molecule is CN1CCCC(N(C)c2ncc(CN)cc2Cl)C1. The molecule has 1 atom stereocenters. The molecule has 1 aliphatic heterocycles. The number of likely N-dealkylation sites (tertiary alicyclic amines) is 1. The number of piperidine rings is 1. The van der Waals surface area contributed by atoms with Gasteiger partial charge >= 0.3 is 0 Å². The van der Waals surface area contributed by atoms with Crippen molar-refractivity contribution in [2.45, 2.75) is 25.4 Å². The maximum atomic E-state index is 6.29. The molecular formula is C13H21ClN4. The molecule has 1 aromatic heterocycles. The van der Waals surface area contributed by atoms with E-state index in [2.05, 4.69) is 28.9 Å². The lowest BCUT2D eigenvalue weighted by molar-refractivity contribution is 0.247. The predicted molar refractivity (Wildman–Crippen MR) is 76.1 cm³/mol. The van der Waals surface area contributed by atoms with E-state index in [0.717, 1.165) is 17.9 Å². The molecule has 1 fully saturated rings. The summed E-state index contributed by atoms with van der Waals surface area (Å²) in [4.78, 5) is 8.99. The fraction of sp³-hybridized carbons (Fsp3) is 0.615. The lowest BCUT2D eigenvalue weighted by Crippen LogP contribution is -2.45. The van der Waals surface area contributed by atoms with Crippen LogP contribution in [0.2, 0.25) is 5.02 Å². The van der Waals surface area contributed by atoms with Crippen LogP contribution < -0.4 is 10.6 Å². The number of nitrogens with zero attached hydrogens (tertiary/aromatic N) is 3. The first-order chi connectivity index (χ1) is 8.61. The molecule has 0 radical (unpaired) electrons. The van der Waals surface area contributed by atoms with E-state index in [4.69, 9.17) is 17.3 Å². The predicted octanol–water partition coefficient (Wildman–Crippen LogP) is 1.72. The Hall–Kier alpha value is -0.840. The van der Waals surface area contributed by atoms with Crippen LogP contribution in [0.5, 0.6) is 0 Å². The molecule has 0 aromatic carbocycles. The highest BCUT2D eigenvalue weighted by Crippen LogP contribution is 2.26. The fourth-order valence-electron chi connectivity index (χ4n) is 2.47. The number of pyridine rings is 1. The lowest BCUT2D eigenvalue weighted by Gasteiger charge is -2.36. The van der Waals surface area contributed by atoms with Gasteiger partial charge in [-0.25, -0.2) is 4.98 Å². The number of likely N-dealkylation sites (N-methyl/N-ethyl adjacent to an activating group) is 2. The monoisotopic (exact) mass is 268 g/mol. The maximum absolute atomic E-state index is 6.29. The molecule has 5 heteroatoms. The van der Waals surface area contributed by atoms with Gasteiger partial charge in [-0.15, -0.1) is 0 Å². The standard InChI is InChI=1S/C13H21ClN4/c1-17-5-3-4-11(9-17)18(2)13-12(14)6-10(7-15)8-16-13/h6,8,11H,3-5,7,9,15H2,1-2H3. The van der Waals surface area contributed by atoms with Crippen LogP contribution in [0.25, 0.3) is 0 Å². The smallest absolute Gasteiger partial charge is 0.147 e. The molecule has 2 N–H and O–H groups in total. The average Bonchev–Trinajstić information content (AvgIpc) is 2.37. The number of nitrogens with two attached hydrogens (primary N) is 1. The van der Waals surface area contributed by atoms with E-state index in [-0.39, 0.29) is 0 Å². The summed E-state index contributed by atoms with van der Waals surface area (Å²) in [6.45, 7) is 2.72. The van der Waals surface area contributed by atoms with Gasteiger partial charge in [-0.3, -0.25) is 0 Å². The van der Waals surface area contributed by atoms with Crippen molar-refractivity contribution in [3.63, 3.8) is 0 Å². The number of halogens is 1. The number of aromatic nitrogens is 1. The Labute approximate surface area is 114 Å². The Morgan fingerprint density at radius 1 is 1.61 bits per heavy atom. The van der Waals surface area contributed by atoms with E-state index in [1.807, 2.05) is 12.3 Å². The Kier molecular flexibility index (Phi) is 4.43. The second-order valence-corrected chi connectivity index (χ2v) is 5.43. The third kappa shape index (κ3) is 2.94. The molecule has 2 rings (SSSR count). The van der Waals surface area contributed by atoms with Crippen molar-refractivity contribution >= 4 is 17.4 Å². The average molecular weight is 269 g/mol. The van der Waals surface area contributed by atoms with Gasteiger partial charge in [-0.2, -0.15) is 0 Å². The minimum absolute atomic E-state index is 0.475. The molecule has 0 saturated carbocycles. The van der Waals surface area contributed by atoms with Crippen molar-refractivity contribution in [1.29, 1.82) is 0 Å². The van der Waals surface area contributed by atoms with Gasteiger partial charge in [0.1, 0.15) is 5.82 Å². The van der Waals surface area contributed by atoms with Crippen molar-refractivity contribution in [2.75, 3.05) is 32.1 Å². The Balaban J connectivity index is 2.15. The fourth-order valence-corrected chi connectivity index (χ4v) is 2.79. The summed E-state index contributed by atoms with van der Waals surface area (Å²) in [5, 5.41) is 0.689. The molecule has 0 bridgehead atoms. The molecule has 18 heavy (non-hydrogen) atoms. The molecule has 1 aliphatic rings. The quantitative estimate of drug-likeness (QED) is 0.907. The van der Waals surface area contributed by atoms with Gasteiger partial charge in [0, 0.05) is 32.4 Å². The van der Waals surface area contributed by atoms with E-state index < -0.39 is 0 Å². The van der Waals surface area contributed by atoms with Crippen LogP contribution >= 0.6 is 11.6 Å². The summed E-state index contributed by atoms with van der Waals surface area (Å²) in [5.41, 5.74) is 6.56. The molecule has 0 spiro atoms. The highest BCUT2D eigenvalue weighted by Gasteiger charge is 2.23. The topological polar surface area (TPSA) is 45.4 Å². The molecule has 1 unspecified atom stereocenters. The van der Waals surface area contributed by atoms with Crippen molar-refractivity contribution in [3.8, 4) is 0 Å². The molecule has 2 heterocycles. The second-order valence-electron chi connectivity index (χ2n) is 5.02. The van der Waals surface area contributed by atoms with Crippen molar-refractivity contribution in [3.05, 3.63) is 22.8 Å². The zero-order valence-corrected chi connectivity index (χ0v) is 11.8. The van der Waals surface area contributed by atoms with Crippen LogP contribution in [-0.4, -0.2) is 43.1 Å². The highest BCUT2D eigenvalue weighted by molar-refractivity contribution is 6.33. The van der Waals surface area contributed by atoms with Crippen LogP contribution in [0.15, 0.2) is 12.3 Å². The van der Waals surface area contributed by atoms with Gasteiger partial charge in [-0.1, -0.05) is 11.6 Å². The third-order valence-electron chi connectivity index (χ3n) is 3.60. The van der Waals surface area contributed by atoms with Crippen molar-refractivity contribution < 1.29 is 0 Å². The van der Waals surface area contributed by atoms with Crippen LogP contribution in [0.3, 0.4) is 0 Å². The third-order valence-corrected chi connectivity index (χ3v) is 3.87. The Bertz CT molecular complexity index is 410. The molecule has 0 aliphatic carbocycles. The minimum Gasteiger partial charge on any atom is -0.354 e. The first-order valence-electron chi connectivity index (χ1n) is 6.37. The van der Waals surface area contributed by atoms with E-state index in [1.165, 1.54) is 19.4 Å². The summed E-state index contributed by atoms with van der Waals surface area (Å²) >= 11 is 6.29. The van der Waals surface area contributed by atoms with Gasteiger partial charge in [0.15, 0.2) is 0 Å². The Morgan fingerprint density at radius 2 is 2.39 bits per heavy atom. The number of anilines is 1. The van der Waals surface area contributed by atoms with E-state index >= 15 is 0 Å². The molecule has 4 nitrogen and oxygen atoms in total. The van der Waals surface area contributed by atoms with Gasteiger partial charge in [0.2, 0.25) is 0 Å². The minimum atomic E-state index is 0.475.